The summed E-state index contributed by atoms with van der Waals surface area (Å²) in [4.78, 5) is 0. The summed E-state index contributed by atoms with van der Waals surface area (Å²) in [5.41, 5.74) is 41.8. The minimum Gasteiger partial charge on any atom is -0.309 e. The van der Waals surface area contributed by atoms with Crippen LogP contribution in [0.3, 0.4) is 0 Å². The van der Waals surface area contributed by atoms with Crippen LogP contribution >= 0.6 is 0 Å². The number of hydrogen-bond acceptors (Lipinski definition) is 0. The number of hydrogen-bond donors (Lipinski definition) is 0. The maximum Gasteiger partial charge on any atom is 0.0754 e. The molecule has 27 rings (SSSR count). The second-order valence-corrected chi connectivity index (χ2v) is 32.8. The molecule has 2 aromatic heterocycles. The fourth-order valence-corrected chi connectivity index (χ4v) is 24.6. The van der Waals surface area contributed by atoms with E-state index in [-0.39, 0.29) is 0 Å². The molecule has 2 aliphatic heterocycles. The van der Waals surface area contributed by atoms with Crippen LogP contribution in [0.4, 0.5) is 0 Å². The highest BCUT2D eigenvalue weighted by molar-refractivity contribution is 6.26. The van der Waals surface area contributed by atoms with Crippen LogP contribution in [-0.2, 0) is 16.2 Å². The fraction of sp³-hybridized carbons (Fsp3) is 0.0727. The standard InChI is InChI=1S/C110H68N2/c1-63-28-20-61-98-99(63)81-46-27-57-94-107(81)112(98)97-60-19-16-52-89(97)109(94)85-48-12-7-35-77(85)102-70(43-24-54-91(102)109)67-39-22-41-73-83(67)62-82-66(69-42-23-53-90-101(69)76-34-6-11-47-84(76)108(90)88-51-15-18-59-96(88)111-95-58-17-10-31-68(95)75-44-25-56-93(108)106(75)111)38-21-40-72(82)100(73)80-45-26-55-92-103(80)78-36-8-13-49-86(78)110(92)87-50-14-9-37-79(87)104-71-32-4-2-29-64(71)65-30-3-5-33-74(65)105(104)110/h2-22,24-27,29-52,54-63H,23,28,53H2,1H3/t63-,108?,109+,110?/m0/s1. The van der Waals surface area contributed by atoms with E-state index in [1.54, 1.807) is 0 Å². The summed E-state index contributed by atoms with van der Waals surface area (Å²) in [6.07, 6.45) is 10.3. The molecule has 2 unspecified atom stereocenters. The largest absolute Gasteiger partial charge is 0.309 e. The second-order valence-electron chi connectivity index (χ2n) is 32.8. The van der Waals surface area contributed by atoms with Crippen molar-refractivity contribution in [2.24, 2.45) is 0 Å². The smallest absolute Gasteiger partial charge is 0.0754 e. The van der Waals surface area contributed by atoms with Crippen LogP contribution < -0.4 is 0 Å². The number of aromatic nitrogens is 2. The minimum atomic E-state index is -0.641. The molecule has 0 N–H and O–H groups in total. The van der Waals surface area contributed by atoms with Gasteiger partial charge in [-0.25, -0.2) is 0 Å². The van der Waals surface area contributed by atoms with Gasteiger partial charge in [0.1, 0.15) is 0 Å². The molecule has 2 heteroatoms. The summed E-state index contributed by atoms with van der Waals surface area (Å²) in [7, 11) is 0. The first-order chi connectivity index (χ1) is 55.6. The number of para-hydroxylation sites is 5. The Balaban J connectivity index is 0.764. The Kier molecular flexibility index (Phi) is 11.4. The van der Waals surface area contributed by atoms with E-state index >= 15 is 0 Å². The molecule has 19 aromatic rings. The molecule has 0 saturated heterocycles. The lowest BCUT2D eigenvalue weighted by Crippen LogP contribution is -2.34. The van der Waals surface area contributed by atoms with Gasteiger partial charge < -0.3 is 9.13 Å². The molecule has 0 fully saturated rings. The van der Waals surface area contributed by atoms with Gasteiger partial charge in [-0.3, -0.25) is 0 Å². The molecule has 112 heavy (non-hydrogen) atoms. The van der Waals surface area contributed by atoms with Gasteiger partial charge in [0, 0.05) is 16.2 Å². The topological polar surface area (TPSA) is 9.86 Å². The molecule has 0 saturated carbocycles. The van der Waals surface area contributed by atoms with Crippen LogP contribution in [-0.4, -0.2) is 9.13 Å². The lowest BCUT2D eigenvalue weighted by Gasteiger charge is -2.41. The highest BCUT2D eigenvalue weighted by Crippen LogP contribution is 2.70. The normalized spacial score (nSPS) is 19.0. The van der Waals surface area contributed by atoms with Crippen molar-refractivity contribution in [3.63, 3.8) is 0 Å². The molecule has 6 aliphatic carbocycles. The molecule has 2 nitrogen and oxygen atoms in total. The Morgan fingerprint density at radius 2 is 0.732 bits per heavy atom. The molecule has 3 spiro atoms. The first kappa shape index (κ1) is 60.3. The van der Waals surface area contributed by atoms with Gasteiger partial charge in [0.15, 0.2) is 0 Å². The highest BCUT2D eigenvalue weighted by Gasteiger charge is 2.57. The van der Waals surface area contributed by atoms with E-state index in [4.69, 9.17) is 0 Å². The molecular formula is C110H68N2. The van der Waals surface area contributed by atoms with Gasteiger partial charge in [0.25, 0.3) is 0 Å². The van der Waals surface area contributed by atoms with Crippen LogP contribution in [0.25, 0.3) is 160 Å². The Morgan fingerprint density at radius 3 is 1.46 bits per heavy atom. The zero-order valence-corrected chi connectivity index (χ0v) is 61.6. The van der Waals surface area contributed by atoms with Crippen molar-refractivity contribution >= 4 is 93.0 Å². The third-order valence-electron chi connectivity index (χ3n) is 28.2. The fourth-order valence-electron chi connectivity index (χ4n) is 24.6. The van der Waals surface area contributed by atoms with Crippen molar-refractivity contribution < 1.29 is 0 Å². The summed E-state index contributed by atoms with van der Waals surface area (Å²) in [6, 6.07) is 131. The highest BCUT2D eigenvalue weighted by atomic mass is 15.0. The molecule has 0 amide bonds. The van der Waals surface area contributed by atoms with Gasteiger partial charge in [-0.2, -0.15) is 0 Å². The molecule has 8 aliphatic rings. The zero-order valence-electron chi connectivity index (χ0n) is 61.6. The monoisotopic (exact) mass is 1420 g/mol. The lowest BCUT2D eigenvalue weighted by molar-refractivity contribution is 0.685. The van der Waals surface area contributed by atoms with E-state index in [1.807, 2.05) is 0 Å². The predicted molar refractivity (Wildman–Crippen MR) is 465 cm³/mol. The molecule has 0 radical (unpaired) electrons. The average molecular weight is 1420 g/mol. The van der Waals surface area contributed by atoms with E-state index < -0.39 is 16.2 Å². The van der Waals surface area contributed by atoms with Crippen LogP contribution in [0, 0.1) is 0 Å². The quantitative estimate of drug-likeness (QED) is 0.123. The summed E-state index contributed by atoms with van der Waals surface area (Å²) in [6.45, 7) is 2.42. The van der Waals surface area contributed by atoms with Crippen molar-refractivity contribution in [2.45, 2.75) is 48.3 Å². The maximum absolute atomic E-state index is 2.65. The summed E-state index contributed by atoms with van der Waals surface area (Å²) in [5.74, 6) is 0.395. The van der Waals surface area contributed by atoms with Crippen LogP contribution in [0.5, 0.6) is 0 Å². The molecule has 4 heterocycles. The summed E-state index contributed by atoms with van der Waals surface area (Å²) >= 11 is 0. The van der Waals surface area contributed by atoms with E-state index in [2.05, 4.69) is 368 Å². The Bertz CT molecular complexity index is 7760. The van der Waals surface area contributed by atoms with Crippen molar-refractivity contribution in [2.75, 3.05) is 0 Å². The third kappa shape index (κ3) is 6.86. The van der Waals surface area contributed by atoms with E-state index in [0.29, 0.717) is 5.92 Å². The van der Waals surface area contributed by atoms with Crippen LogP contribution in [0.15, 0.2) is 351 Å². The van der Waals surface area contributed by atoms with Gasteiger partial charge in [0.2, 0.25) is 0 Å². The van der Waals surface area contributed by atoms with Gasteiger partial charge in [0.05, 0.1) is 49.9 Å². The number of allylic oxidation sites excluding steroid dienone is 5. The zero-order chi connectivity index (χ0) is 72.8. The lowest BCUT2D eigenvalue weighted by atomic mass is 9.63. The van der Waals surface area contributed by atoms with E-state index in [1.165, 1.54) is 243 Å². The van der Waals surface area contributed by atoms with Gasteiger partial charge in [-0.15, -0.1) is 0 Å². The number of rotatable bonds is 3. The Labute approximate surface area is 648 Å². The first-order valence-electron chi connectivity index (χ1n) is 40.2. The van der Waals surface area contributed by atoms with Crippen molar-refractivity contribution in [1.29, 1.82) is 0 Å². The maximum atomic E-state index is 2.65. The number of nitrogens with zero attached hydrogens (tertiary/aromatic N) is 2. The van der Waals surface area contributed by atoms with Gasteiger partial charge in [-0.05, 0) is 249 Å². The summed E-state index contributed by atoms with van der Waals surface area (Å²) in [5, 5.41) is 14.1. The number of benzene rings is 17. The third-order valence-corrected chi connectivity index (χ3v) is 28.2. The number of fused-ring (bicyclic) bond motifs is 40. The molecule has 0 bridgehead atoms. The van der Waals surface area contributed by atoms with Gasteiger partial charge >= 0.3 is 0 Å². The SMILES string of the molecule is C[C@H]1CC=Cc2c1c1cccc3c1n2-c1ccccc1[C@@]31c2ccccc2-c2c(-c3cccc4c(-c5cccc6c5-c5ccccc5C65c6ccccc6-c6c5c5ccccc5c5ccccc65)c5cccc(C6=CCCC7=C6c6ccccc6C76c7ccccc7-n7c8ccccc8c8cccc6c87)c5cc34)cccc21. The first-order valence-corrected chi connectivity index (χ1v) is 40.2. The van der Waals surface area contributed by atoms with Crippen LogP contribution in [0.1, 0.15) is 116 Å². The van der Waals surface area contributed by atoms with E-state index in [0.717, 1.165) is 19.3 Å². The van der Waals surface area contributed by atoms with Crippen molar-refractivity contribution in [3.05, 3.63) is 435 Å². The molecule has 518 valence electrons. The van der Waals surface area contributed by atoms with Crippen LogP contribution in [0.2, 0.25) is 0 Å². The molecular weight excluding hydrogens is 1350 g/mol. The Hall–Kier alpha value is -13.7. The van der Waals surface area contributed by atoms with E-state index in [9.17, 15) is 0 Å². The molecule has 4 atom stereocenters. The Morgan fingerprint density at radius 1 is 0.295 bits per heavy atom. The average Bonchev–Trinajstić information content (AvgIpc) is 1.50. The summed E-state index contributed by atoms with van der Waals surface area (Å²) < 4.78 is 5.21. The second kappa shape index (κ2) is 21.2. The van der Waals surface area contributed by atoms with Gasteiger partial charge in [-0.1, -0.05) is 328 Å². The predicted octanol–water partition coefficient (Wildman–Crippen LogP) is 27.5. The van der Waals surface area contributed by atoms with Crippen molar-refractivity contribution in [1.82, 2.24) is 9.13 Å². The minimum absolute atomic E-state index is 0.395. The van der Waals surface area contributed by atoms with Crippen molar-refractivity contribution in [3.8, 4) is 67.0 Å². The molecule has 17 aromatic carbocycles.